The highest BCUT2D eigenvalue weighted by atomic mass is 19.2. The summed E-state index contributed by atoms with van der Waals surface area (Å²) in [5.74, 6) is -17.3. The van der Waals surface area contributed by atoms with Crippen molar-refractivity contribution in [3.05, 3.63) is 64.0 Å². The molecule has 0 aliphatic carbocycles. The van der Waals surface area contributed by atoms with E-state index < -0.39 is 58.3 Å². The predicted molar refractivity (Wildman–Crippen MR) is 80.3 cm³/mol. The molecule has 0 aromatic heterocycles. The molecule has 0 spiro atoms. The highest BCUT2D eigenvalue weighted by Crippen LogP contribution is 2.30. The van der Waals surface area contributed by atoms with Crippen molar-refractivity contribution in [3.63, 3.8) is 0 Å². The van der Waals surface area contributed by atoms with Crippen molar-refractivity contribution < 1.29 is 50.5 Å². The molecule has 11 heteroatoms. The van der Waals surface area contributed by atoms with Crippen LogP contribution in [0.3, 0.4) is 0 Å². The van der Waals surface area contributed by atoms with Gasteiger partial charge in [-0.05, 0) is 18.2 Å². The maximum atomic E-state index is 13.7. The number of hydrogen-bond donors (Lipinski definition) is 0. The zero-order valence-electron chi connectivity index (χ0n) is 14.1. The molecule has 2 rings (SSSR count). The molecular formula is C17H9F5O6. The van der Waals surface area contributed by atoms with Crippen LogP contribution >= 0.6 is 0 Å². The molecule has 0 aliphatic rings. The van der Waals surface area contributed by atoms with Gasteiger partial charge in [0.25, 0.3) is 0 Å². The minimum absolute atomic E-state index is 0.338. The smallest absolute Gasteiger partial charge is 0.343 e. The minimum Gasteiger partial charge on any atom is -0.465 e. The molecule has 2 aromatic rings. The van der Waals surface area contributed by atoms with Crippen LogP contribution in [0, 0.1) is 29.1 Å². The fourth-order valence-electron chi connectivity index (χ4n) is 2.04. The highest BCUT2D eigenvalue weighted by molar-refractivity contribution is 6.00. The Labute approximate surface area is 153 Å². The number of hydrogen-bond acceptors (Lipinski definition) is 6. The first-order valence-electron chi connectivity index (χ1n) is 7.17. The van der Waals surface area contributed by atoms with Crippen molar-refractivity contribution in [2.75, 3.05) is 14.2 Å². The van der Waals surface area contributed by atoms with Crippen LogP contribution in [0.2, 0.25) is 0 Å². The van der Waals surface area contributed by atoms with E-state index >= 15 is 0 Å². The molecule has 0 saturated carbocycles. The van der Waals surface area contributed by atoms with Gasteiger partial charge in [0, 0.05) is 0 Å². The van der Waals surface area contributed by atoms with E-state index in [1.165, 1.54) is 0 Å². The molecule has 0 radical (unpaired) electrons. The largest absolute Gasteiger partial charge is 0.465 e. The molecule has 28 heavy (non-hydrogen) atoms. The summed E-state index contributed by atoms with van der Waals surface area (Å²) < 4.78 is 79.9. The predicted octanol–water partition coefficient (Wildman–Crippen LogP) is 3.17. The zero-order valence-corrected chi connectivity index (χ0v) is 14.1. The molecule has 0 atom stereocenters. The second kappa shape index (κ2) is 8.03. The van der Waals surface area contributed by atoms with Crippen molar-refractivity contribution in [3.8, 4) is 5.75 Å². The summed E-state index contributed by atoms with van der Waals surface area (Å²) >= 11 is 0. The van der Waals surface area contributed by atoms with E-state index in [0.29, 0.717) is 0 Å². The van der Waals surface area contributed by atoms with Gasteiger partial charge in [-0.1, -0.05) is 0 Å². The van der Waals surface area contributed by atoms with Crippen molar-refractivity contribution in [2.24, 2.45) is 0 Å². The number of carbonyl (C=O) groups is 3. The van der Waals surface area contributed by atoms with Gasteiger partial charge in [-0.3, -0.25) is 0 Å². The summed E-state index contributed by atoms with van der Waals surface area (Å²) in [5.41, 5.74) is -1.29. The second-order valence-corrected chi connectivity index (χ2v) is 5.07. The first-order chi connectivity index (χ1) is 13.1. The quantitative estimate of drug-likeness (QED) is 0.256. The molecule has 0 saturated heterocycles. The maximum Gasteiger partial charge on any atom is 0.343 e. The lowest BCUT2D eigenvalue weighted by molar-refractivity contribution is 0.0599. The van der Waals surface area contributed by atoms with Crippen LogP contribution in [0.1, 0.15) is 31.1 Å². The number of rotatable bonds is 4. The van der Waals surface area contributed by atoms with Gasteiger partial charge in [-0.15, -0.1) is 0 Å². The Morgan fingerprint density at radius 1 is 0.607 bits per heavy atom. The first-order valence-corrected chi connectivity index (χ1v) is 7.17. The first kappa shape index (κ1) is 20.8. The lowest BCUT2D eigenvalue weighted by Gasteiger charge is -2.10. The van der Waals surface area contributed by atoms with Gasteiger partial charge in [-0.25, -0.2) is 27.6 Å². The number of benzene rings is 2. The van der Waals surface area contributed by atoms with Crippen LogP contribution < -0.4 is 4.74 Å². The van der Waals surface area contributed by atoms with Gasteiger partial charge >= 0.3 is 17.9 Å². The molecule has 0 unspecified atom stereocenters. The van der Waals surface area contributed by atoms with Crippen LogP contribution in [-0.2, 0) is 9.47 Å². The van der Waals surface area contributed by atoms with Gasteiger partial charge in [0.2, 0.25) is 34.8 Å². The molecule has 2 aromatic carbocycles. The van der Waals surface area contributed by atoms with E-state index in [-0.39, 0.29) is 11.1 Å². The Hall–Kier alpha value is -3.50. The molecule has 148 valence electrons. The Bertz CT molecular complexity index is 925. The normalized spacial score (nSPS) is 10.4. The van der Waals surface area contributed by atoms with E-state index in [9.17, 15) is 36.3 Å². The average molecular weight is 404 g/mol. The molecule has 0 fully saturated rings. The lowest BCUT2D eigenvalue weighted by Crippen LogP contribution is -2.16. The number of ether oxygens (including phenoxy) is 3. The van der Waals surface area contributed by atoms with Gasteiger partial charge in [0.1, 0.15) is 0 Å². The van der Waals surface area contributed by atoms with Crippen LogP contribution in [0.5, 0.6) is 5.75 Å². The minimum atomic E-state index is -2.43. The number of esters is 3. The van der Waals surface area contributed by atoms with Gasteiger partial charge in [0.05, 0.1) is 30.9 Å². The van der Waals surface area contributed by atoms with Crippen LogP contribution in [0.25, 0.3) is 0 Å². The number of halogens is 5. The average Bonchev–Trinajstić information content (AvgIpc) is 2.71. The standard InChI is InChI=1S/C17H9F5O6/c1-26-15(23)6-3-7(16(24)27-2)5-8(4-6)17(25)28-14-12(21)10(19)9(18)11(20)13(14)22/h3-5H,1-2H3. The molecule has 0 bridgehead atoms. The third kappa shape index (κ3) is 3.77. The van der Waals surface area contributed by atoms with E-state index in [4.69, 9.17) is 0 Å². The molecule has 0 aliphatic heterocycles. The molecule has 0 heterocycles. The second-order valence-electron chi connectivity index (χ2n) is 5.07. The SMILES string of the molecule is COC(=O)c1cc(C(=O)OC)cc(C(=O)Oc2c(F)c(F)c(F)c(F)c2F)c1. The van der Waals surface area contributed by atoms with Crippen LogP contribution in [0.15, 0.2) is 18.2 Å². The third-order valence-corrected chi connectivity index (χ3v) is 3.38. The Morgan fingerprint density at radius 2 is 0.929 bits per heavy atom. The molecule has 0 amide bonds. The van der Waals surface area contributed by atoms with Crippen LogP contribution in [-0.4, -0.2) is 32.1 Å². The monoisotopic (exact) mass is 404 g/mol. The number of methoxy groups -OCH3 is 2. The van der Waals surface area contributed by atoms with Crippen molar-refractivity contribution in [1.29, 1.82) is 0 Å². The summed E-state index contributed by atoms with van der Waals surface area (Å²) in [6, 6.07) is 2.64. The summed E-state index contributed by atoms with van der Waals surface area (Å²) in [6.45, 7) is 0. The molecule has 0 N–H and O–H groups in total. The van der Waals surface area contributed by atoms with Crippen molar-refractivity contribution >= 4 is 17.9 Å². The fraction of sp³-hybridized carbons (Fsp3) is 0.118. The maximum absolute atomic E-state index is 13.7. The summed E-state index contributed by atoms with van der Waals surface area (Å²) in [6.07, 6.45) is 0. The van der Waals surface area contributed by atoms with Gasteiger partial charge < -0.3 is 14.2 Å². The Morgan fingerprint density at radius 3 is 1.29 bits per heavy atom. The van der Waals surface area contributed by atoms with E-state index in [1.807, 2.05) is 0 Å². The highest BCUT2D eigenvalue weighted by Gasteiger charge is 2.29. The fourth-order valence-corrected chi connectivity index (χ4v) is 2.04. The summed E-state index contributed by atoms with van der Waals surface area (Å²) in [7, 11) is 2.00. The summed E-state index contributed by atoms with van der Waals surface area (Å²) in [4.78, 5) is 35.5. The van der Waals surface area contributed by atoms with Crippen molar-refractivity contribution in [1.82, 2.24) is 0 Å². The lowest BCUT2D eigenvalue weighted by atomic mass is 10.1. The Balaban J connectivity index is 2.53. The van der Waals surface area contributed by atoms with E-state index in [0.717, 1.165) is 32.4 Å². The molecular weight excluding hydrogens is 395 g/mol. The van der Waals surface area contributed by atoms with E-state index in [1.54, 1.807) is 0 Å². The van der Waals surface area contributed by atoms with Gasteiger partial charge in [-0.2, -0.15) is 8.78 Å². The van der Waals surface area contributed by atoms with E-state index in [2.05, 4.69) is 14.2 Å². The topological polar surface area (TPSA) is 78.9 Å². The summed E-state index contributed by atoms with van der Waals surface area (Å²) in [5, 5.41) is 0. The third-order valence-electron chi connectivity index (χ3n) is 3.38. The van der Waals surface area contributed by atoms with Crippen LogP contribution in [0.4, 0.5) is 22.0 Å². The van der Waals surface area contributed by atoms with Crippen molar-refractivity contribution in [2.45, 2.75) is 0 Å². The Kier molecular flexibility index (Phi) is 5.96. The number of carbonyl (C=O) groups excluding carboxylic acids is 3. The molecule has 6 nitrogen and oxygen atoms in total. The van der Waals surface area contributed by atoms with Gasteiger partial charge in [0.15, 0.2) is 0 Å². The zero-order chi connectivity index (χ0) is 21.2.